The fourth-order valence-corrected chi connectivity index (χ4v) is 1.75. The van der Waals surface area contributed by atoms with Gasteiger partial charge in [-0.25, -0.2) is 0 Å². The molecule has 0 amide bonds. The van der Waals surface area contributed by atoms with Crippen molar-refractivity contribution in [2.75, 3.05) is 6.54 Å². The molecule has 1 rings (SSSR count). The highest BCUT2D eigenvalue weighted by molar-refractivity contribution is 6.31. The molecule has 1 N–H and O–H groups in total. The quantitative estimate of drug-likeness (QED) is 0.798. The van der Waals surface area contributed by atoms with Crippen LogP contribution in [0.1, 0.15) is 39.3 Å². The van der Waals surface area contributed by atoms with Crippen LogP contribution in [-0.2, 0) is 0 Å². The number of rotatable bonds is 3. The molecule has 0 saturated carbocycles. The van der Waals surface area contributed by atoms with Crippen molar-refractivity contribution in [3.05, 3.63) is 34.9 Å². The van der Waals surface area contributed by atoms with Gasteiger partial charge >= 0.3 is 0 Å². The van der Waals surface area contributed by atoms with Crippen LogP contribution >= 0.6 is 11.6 Å². The van der Waals surface area contributed by atoms with E-state index in [1.807, 2.05) is 24.3 Å². The fraction of sp³-hybridized carbons (Fsp3) is 0.467. The highest BCUT2D eigenvalue weighted by Crippen LogP contribution is 2.21. The second-order valence-corrected chi connectivity index (χ2v) is 5.58. The van der Waals surface area contributed by atoms with Crippen molar-refractivity contribution >= 4 is 11.6 Å². The SMILES string of the molecule is CC(NCC#CC(C)(C)C)c1ccccc1Cl. The Morgan fingerprint density at radius 3 is 2.53 bits per heavy atom. The average Bonchev–Trinajstić information content (AvgIpc) is 2.23. The summed E-state index contributed by atoms with van der Waals surface area (Å²) >= 11 is 6.13. The molecule has 17 heavy (non-hydrogen) atoms. The van der Waals surface area contributed by atoms with Crippen LogP contribution in [0.4, 0.5) is 0 Å². The van der Waals surface area contributed by atoms with E-state index in [2.05, 4.69) is 44.9 Å². The van der Waals surface area contributed by atoms with Gasteiger partial charge < -0.3 is 0 Å². The number of benzene rings is 1. The van der Waals surface area contributed by atoms with Crippen molar-refractivity contribution < 1.29 is 0 Å². The van der Waals surface area contributed by atoms with E-state index < -0.39 is 0 Å². The zero-order valence-electron chi connectivity index (χ0n) is 11.0. The Morgan fingerprint density at radius 1 is 1.29 bits per heavy atom. The summed E-state index contributed by atoms with van der Waals surface area (Å²) in [6.45, 7) is 9.11. The van der Waals surface area contributed by atoms with Crippen molar-refractivity contribution in [3.8, 4) is 11.8 Å². The van der Waals surface area contributed by atoms with Crippen molar-refractivity contribution in [3.63, 3.8) is 0 Å². The second kappa shape index (κ2) is 6.10. The Kier molecular flexibility index (Phi) is 5.05. The first-order valence-electron chi connectivity index (χ1n) is 5.88. The topological polar surface area (TPSA) is 12.0 Å². The standard InChI is InChI=1S/C15H20ClN/c1-12(13-8-5-6-9-14(13)16)17-11-7-10-15(2,3)4/h5-6,8-9,12,17H,11H2,1-4H3. The van der Waals surface area contributed by atoms with Gasteiger partial charge in [-0.05, 0) is 39.3 Å². The van der Waals surface area contributed by atoms with E-state index in [4.69, 9.17) is 11.6 Å². The molecule has 0 aliphatic rings. The van der Waals surface area contributed by atoms with E-state index in [0.717, 1.165) is 10.6 Å². The molecule has 0 radical (unpaired) electrons. The molecule has 1 nitrogen and oxygen atoms in total. The van der Waals surface area contributed by atoms with Gasteiger partial charge in [0.1, 0.15) is 0 Å². The number of hydrogen-bond acceptors (Lipinski definition) is 1. The lowest BCUT2D eigenvalue weighted by atomic mass is 9.98. The van der Waals surface area contributed by atoms with Gasteiger partial charge in [-0.3, -0.25) is 5.32 Å². The van der Waals surface area contributed by atoms with Crippen LogP contribution < -0.4 is 5.32 Å². The van der Waals surface area contributed by atoms with Gasteiger partial charge in [-0.15, -0.1) is 0 Å². The first-order chi connectivity index (χ1) is 7.90. The molecule has 0 fully saturated rings. The zero-order valence-corrected chi connectivity index (χ0v) is 11.7. The lowest BCUT2D eigenvalue weighted by molar-refractivity contribution is 0.568. The van der Waals surface area contributed by atoms with Crippen molar-refractivity contribution in [1.82, 2.24) is 5.32 Å². The van der Waals surface area contributed by atoms with Crippen LogP contribution in [0.5, 0.6) is 0 Å². The molecule has 2 heteroatoms. The third-order valence-corrected chi connectivity index (χ3v) is 2.68. The van der Waals surface area contributed by atoms with Gasteiger partial charge in [0, 0.05) is 16.5 Å². The fourth-order valence-electron chi connectivity index (χ4n) is 1.45. The largest absolute Gasteiger partial charge is 0.300 e. The highest BCUT2D eigenvalue weighted by Gasteiger charge is 2.07. The lowest BCUT2D eigenvalue weighted by Gasteiger charge is -2.14. The molecular formula is C15H20ClN. The smallest absolute Gasteiger partial charge is 0.0581 e. The Hall–Kier alpha value is -0.970. The summed E-state index contributed by atoms with van der Waals surface area (Å²) in [4.78, 5) is 0. The maximum absolute atomic E-state index is 6.13. The number of nitrogens with one attached hydrogen (secondary N) is 1. The average molecular weight is 250 g/mol. The van der Waals surface area contributed by atoms with E-state index in [-0.39, 0.29) is 11.5 Å². The van der Waals surface area contributed by atoms with Gasteiger partial charge in [0.2, 0.25) is 0 Å². The minimum absolute atomic E-state index is 0.0648. The minimum atomic E-state index is 0.0648. The minimum Gasteiger partial charge on any atom is -0.300 e. The molecule has 1 aromatic rings. The van der Waals surface area contributed by atoms with Gasteiger partial charge in [0.05, 0.1) is 6.54 Å². The maximum Gasteiger partial charge on any atom is 0.0581 e. The molecule has 0 aliphatic carbocycles. The molecular weight excluding hydrogens is 230 g/mol. The van der Waals surface area contributed by atoms with Crippen molar-refractivity contribution in [2.45, 2.75) is 33.7 Å². The van der Waals surface area contributed by atoms with Crippen LogP contribution in [0.2, 0.25) is 5.02 Å². The van der Waals surface area contributed by atoms with E-state index in [1.165, 1.54) is 0 Å². The number of hydrogen-bond donors (Lipinski definition) is 1. The van der Waals surface area contributed by atoms with Gasteiger partial charge in [0.15, 0.2) is 0 Å². The van der Waals surface area contributed by atoms with Crippen LogP contribution in [-0.4, -0.2) is 6.54 Å². The number of halogens is 1. The monoisotopic (exact) mass is 249 g/mol. The Bertz CT molecular complexity index is 421. The van der Waals surface area contributed by atoms with Crippen molar-refractivity contribution in [1.29, 1.82) is 0 Å². The Balaban J connectivity index is 2.53. The van der Waals surface area contributed by atoms with Gasteiger partial charge in [0.25, 0.3) is 0 Å². The molecule has 1 unspecified atom stereocenters. The third-order valence-electron chi connectivity index (χ3n) is 2.33. The van der Waals surface area contributed by atoms with Crippen molar-refractivity contribution in [2.24, 2.45) is 5.41 Å². The molecule has 1 aromatic carbocycles. The molecule has 1 atom stereocenters. The Morgan fingerprint density at radius 2 is 1.94 bits per heavy atom. The van der Waals surface area contributed by atoms with Gasteiger partial charge in [-0.1, -0.05) is 41.6 Å². The lowest BCUT2D eigenvalue weighted by Crippen LogP contribution is -2.19. The van der Waals surface area contributed by atoms with E-state index in [1.54, 1.807) is 0 Å². The Labute approximate surface area is 110 Å². The maximum atomic E-state index is 6.13. The molecule has 0 spiro atoms. The first kappa shape index (κ1) is 14.1. The van der Waals surface area contributed by atoms with E-state index in [9.17, 15) is 0 Å². The highest BCUT2D eigenvalue weighted by atomic mass is 35.5. The normalized spacial score (nSPS) is 12.8. The van der Waals surface area contributed by atoms with Crippen LogP contribution in [0.3, 0.4) is 0 Å². The van der Waals surface area contributed by atoms with E-state index >= 15 is 0 Å². The first-order valence-corrected chi connectivity index (χ1v) is 6.26. The second-order valence-electron chi connectivity index (χ2n) is 5.18. The van der Waals surface area contributed by atoms with Gasteiger partial charge in [-0.2, -0.15) is 0 Å². The summed E-state index contributed by atoms with van der Waals surface area (Å²) < 4.78 is 0. The molecule has 0 saturated heterocycles. The molecule has 0 bridgehead atoms. The summed E-state index contributed by atoms with van der Waals surface area (Å²) in [6, 6.07) is 8.11. The summed E-state index contributed by atoms with van der Waals surface area (Å²) in [7, 11) is 0. The third kappa shape index (κ3) is 5.26. The molecule has 0 heterocycles. The summed E-state index contributed by atoms with van der Waals surface area (Å²) in [5.41, 5.74) is 1.18. The van der Waals surface area contributed by atoms with Crippen LogP contribution in [0.15, 0.2) is 24.3 Å². The predicted octanol–water partition coefficient (Wildman–Crippen LogP) is 4.04. The summed E-state index contributed by atoms with van der Waals surface area (Å²) in [6.07, 6.45) is 0. The summed E-state index contributed by atoms with van der Waals surface area (Å²) in [5, 5.41) is 4.16. The van der Waals surface area contributed by atoms with E-state index in [0.29, 0.717) is 6.54 Å². The zero-order chi connectivity index (χ0) is 12.9. The predicted molar refractivity (Wildman–Crippen MR) is 75.1 cm³/mol. The summed E-state index contributed by atoms with van der Waals surface area (Å²) in [5.74, 6) is 6.34. The van der Waals surface area contributed by atoms with Crippen LogP contribution in [0.25, 0.3) is 0 Å². The van der Waals surface area contributed by atoms with Crippen LogP contribution in [0, 0.1) is 17.3 Å². The molecule has 92 valence electrons. The molecule has 0 aromatic heterocycles. The molecule has 0 aliphatic heterocycles.